The van der Waals surface area contributed by atoms with Gasteiger partial charge in [0, 0.05) is 31.5 Å². The Labute approximate surface area is 237 Å². The van der Waals surface area contributed by atoms with Crippen LogP contribution in [0.25, 0.3) is 52.8 Å². The maximum atomic E-state index is 2.40. The standard InChI is InChI=1S/C38H25NS/c1-2-13-29(14-3-1)39(30-23-20-28(21-24-30)32-17-8-12-26-10-4-6-15-31(26)32)35-18-9-19-36-37(35)34-25-22-27-11-5-7-16-33(27)38(34)40-36/h1-25H. The van der Waals surface area contributed by atoms with Gasteiger partial charge in [-0.05, 0) is 69.1 Å². The number of rotatable bonds is 4. The fourth-order valence-electron chi connectivity index (χ4n) is 5.99. The second-order valence-electron chi connectivity index (χ2n) is 10.2. The summed E-state index contributed by atoms with van der Waals surface area (Å²) in [5.74, 6) is 0. The maximum Gasteiger partial charge on any atom is 0.0554 e. The summed E-state index contributed by atoms with van der Waals surface area (Å²) in [6.45, 7) is 0. The Balaban J connectivity index is 1.33. The summed E-state index contributed by atoms with van der Waals surface area (Å²) >= 11 is 1.89. The van der Waals surface area contributed by atoms with Crippen LogP contribution in [-0.2, 0) is 0 Å². The van der Waals surface area contributed by atoms with Crippen LogP contribution in [0.15, 0.2) is 152 Å². The number of fused-ring (bicyclic) bond motifs is 6. The minimum atomic E-state index is 1.14. The van der Waals surface area contributed by atoms with Gasteiger partial charge in [0.2, 0.25) is 0 Å². The average Bonchev–Trinajstić information content (AvgIpc) is 3.42. The number of nitrogens with zero attached hydrogens (tertiary/aromatic N) is 1. The van der Waals surface area contributed by atoms with Crippen LogP contribution in [0.4, 0.5) is 17.1 Å². The Morgan fingerprint density at radius 3 is 1.90 bits per heavy atom. The molecule has 0 aliphatic carbocycles. The molecule has 0 spiro atoms. The molecule has 8 rings (SSSR count). The highest BCUT2D eigenvalue weighted by atomic mass is 32.1. The molecule has 0 amide bonds. The van der Waals surface area contributed by atoms with Crippen molar-refractivity contribution in [2.24, 2.45) is 0 Å². The molecule has 0 fully saturated rings. The van der Waals surface area contributed by atoms with Gasteiger partial charge in [0.1, 0.15) is 0 Å². The zero-order valence-corrected chi connectivity index (χ0v) is 22.6. The highest BCUT2D eigenvalue weighted by molar-refractivity contribution is 7.26. The molecule has 40 heavy (non-hydrogen) atoms. The third kappa shape index (κ3) is 3.69. The van der Waals surface area contributed by atoms with Gasteiger partial charge < -0.3 is 4.90 Å². The Kier molecular flexibility index (Phi) is 5.39. The van der Waals surface area contributed by atoms with Crippen molar-refractivity contribution in [3.05, 3.63) is 152 Å². The Morgan fingerprint density at radius 1 is 0.425 bits per heavy atom. The molecule has 0 bridgehead atoms. The highest BCUT2D eigenvalue weighted by Crippen LogP contribution is 2.46. The van der Waals surface area contributed by atoms with E-state index in [1.807, 2.05) is 11.3 Å². The van der Waals surface area contributed by atoms with E-state index in [0.717, 1.165) is 11.4 Å². The lowest BCUT2D eigenvalue weighted by atomic mass is 9.98. The van der Waals surface area contributed by atoms with Crippen LogP contribution >= 0.6 is 11.3 Å². The molecular weight excluding hydrogens is 502 g/mol. The first kappa shape index (κ1) is 23.0. The van der Waals surface area contributed by atoms with Gasteiger partial charge in [-0.25, -0.2) is 0 Å². The van der Waals surface area contributed by atoms with Gasteiger partial charge in [0.15, 0.2) is 0 Å². The average molecular weight is 528 g/mol. The van der Waals surface area contributed by atoms with E-state index in [9.17, 15) is 0 Å². The fraction of sp³-hybridized carbons (Fsp3) is 0. The van der Waals surface area contributed by atoms with Gasteiger partial charge in [0.25, 0.3) is 0 Å². The molecule has 8 aromatic rings. The van der Waals surface area contributed by atoms with E-state index in [0.29, 0.717) is 0 Å². The summed E-state index contributed by atoms with van der Waals surface area (Å²) in [4.78, 5) is 2.40. The molecule has 7 aromatic carbocycles. The lowest BCUT2D eigenvalue weighted by Gasteiger charge is -2.26. The van der Waals surface area contributed by atoms with Crippen LogP contribution in [-0.4, -0.2) is 0 Å². The van der Waals surface area contributed by atoms with Crippen LogP contribution in [0.3, 0.4) is 0 Å². The van der Waals surface area contributed by atoms with Crippen LogP contribution in [0.2, 0.25) is 0 Å². The van der Waals surface area contributed by atoms with E-state index in [1.165, 1.54) is 58.5 Å². The maximum absolute atomic E-state index is 2.40. The first-order valence-electron chi connectivity index (χ1n) is 13.6. The van der Waals surface area contributed by atoms with Crippen LogP contribution in [0.5, 0.6) is 0 Å². The van der Waals surface area contributed by atoms with Crippen LogP contribution in [0.1, 0.15) is 0 Å². The molecule has 0 saturated heterocycles. The first-order valence-corrected chi connectivity index (χ1v) is 14.4. The van der Waals surface area contributed by atoms with Crippen molar-refractivity contribution in [2.45, 2.75) is 0 Å². The minimum Gasteiger partial charge on any atom is -0.310 e. The van der Waals surface area contributed by atoms with E-state index in [4.69, 9.17) is 0 Å². The van der Waals surface area contributed by atoms with Crippen molar-refractivity contribution in [2.75, 3.05) is 4.90 Å². The number of hydrogen-bond acceptors (Lipinski definition) is 2. The summed E-state index contributed by atoms with van der Waals surface area (Å²) in [5, 5.41) is 7.75. The molecule has 0 aliphatic heterocycles. The van der Waals surface area contributed by atoms with Crippen molar-refractivity contribution in [1.82, 2.24) is 0 Å². The van der Waals surface area contributed by atoms with Gasteiger partial charge in [-0.3, -0.25) is 0 Å². The number of anilines is 3. The summed E-state index contributed by atoms with van der Waals surface area (Å²) in [6, 6.07) is 54.8. The highest BCUT2D eigenvalue weighted by Gasteiger charge is 2.19. The molecule has 0 aliphatic rings. The first-order chi connectivity index (χ1) is 19.8. The third-order valence-electron chi connectivity index (χ3n) is 7.85. The largest absolute Gasteiger partial charge is 0.310 e. The fourth-order valence-corrected chi connectivity index (χ4v) is 7.25. The molecule has 0 N–H and O–H groups in total. The number of hydrogen-bond donors (Lipinski definition) is 0. The van der Waals surface area contributed by atoms with Crippen molar-refractivity contribution in [3.63, 3.8) is 0 Å². The van der Waals surface area contributed by atoms with Crippen molar-refractivity contribution < 1.29 is 0 Å². The van der Waals surface area contributed by atoms with Crippen molar-refractivity contribution in [1.29, 1.82) is 0 Å². The second-order valence-corrected chi connectivity index (χ2v) is 11.2. The normalized spacial score (nSPS) is 11.5. The summed E-state index contributed by atoms with van der Waals surface area (Å²) in [5.41, 5.74) is 5.96. The van der Waals surface area contributed by atoms with Gasteiger partial charge >= 0.3 is 0 Å². The zero-order valence-electron chi connectivity index (χ0n) is 21.8. The van der Waals surface area contributed by atoms with Crippen molar-refractivity contribution >= 4 is 70.1 Å². The zero-order chi connectivity index (χ0) is 26.5. The molecule has 1 heterocycles. The monoisotopic (exact) mass is 527 g/mol. The topological polar surface area (TPSA) is 3.24 Å². The molecule has 0 saturated carbocycles. The lowest BCUT2D eigenvalue weighted by molar-refractivity contribution is 1.30. The molecule has 0 unspecified atom stereocenters. The van der Waals surface area contributed by atoms with Crippen molar-refractivity contribution in [3.8, 4) is 11.1 Å². The van der Waals surface area contributed by atoms with E-state index in [-0.39, 0.29) is 0 Å². The molecule has 0 radical (unpaired) electrons. The Morgan fingerprint density at radius 2 is 1.07 bits per heavy atom. The van der Waals surface area contributed by atoms with Gasteiger partial charge in [-0.1, -0.05) is 115 Å². The SMILES string of the molecule is c1ccc(N(c2ccc(-c3cccc4ccccc34)cc2)c2cccc3sc4c5ccccc5ccc4c23)cc1. The minimum absolute atomic E-state index is 1.14. The predicted molar refractivity (Wildman–Crippen MR) is 174 cm³/mol. The molecule has 188 valence electrons. The smallest absolute Gasteiger partial charge is 0.0554 e. The van der Waals surface area contributed by atoms with E-state index >= 15 is 0 Å². The molecule has 1 aromatic heterocycles. The Bertz CT molecular complexity index is 2150. The number of para-hydroxylation sites is 1. The lowest BCUT2D eigenvalue weighted by Crippen LogP contribution is -2.10. The van der Waals surface area contributed by atoms with E-state index in [1.54, 1.807) is 0 Å². The van der Waals surface area contributed by atoms with E-state index in [2.05, 4.69) is 157 Å². The van der Waals surface area contributed by atoms with Crippen LogP contribution in [0, 0.1) is 0 Å². The number of thiophene rings is 1. The summed E-state index contributed by atoms with van der Waals surface area (Å²) in [7, 11) is 0. The van der Waals surface area contributed by atoms with Crippen LogP contribution < -0.4 is 4.90 Å². The summed E-state index contributed by atoms with van der Waals surface area (Å²) in [6.07, 6.45) is 0. The van der Waals surface area contributed by atoms with Gasteiger partial charge in [-0.2, -0.15) is 0 Å². The predicted octanol–water partition coefficient (Wildman–Crippen LogP) is 11.5. The van der Waals surface area contributed by atoms with Gasteiger partial charge in [-0.15, -0.1) is 11.3 Å². The molecule has 0 atom stereocenters. The second kappa shape index (κ2) is 9.37. The quantitative estimate of drug-likeness (QED) is 0.220. The molecule has 2 heteroatoms. The molecular formula is C38H25NS. The third-order valence-corrected chi connectivity index (χ3v) is 9.05. The number of benzene rings is 7. The Hall–Kier alpha value is -4.92. The summed E-state index contributed by atoms with van der Waals surface area (Å²) < 4.78 is 2.65. The van der Waals surface area contributed by atoms with E-state index < -0.39 is 0 Å². The molecule has 1 nitrogen and oxygen atoms in total. The van der Waals surface area contributed by atoms with Gasteiger partial charge in [0.05, 0.1) is 5.69 Å².